The van der Waals surface area contributed by atoms with Crippen molar-refractivity contribution in [2.24, 2.45) is 0 Å². The van der Waals surface area contributed by atoms with Gasteiger partial charge in [0.05, 0.1) is 0 Å². The second-order valence-corrected chi connectivity index (χ2v) is 12.2. The van der Waals surface area contributed by atoms with Crippen LogP contribution in [0.1, 0.15) is 56.3 Å². The molecule has 0 N–H and O–H groups in total. The Bertz CT molecular complexity index is 1850. The van der Waals surface area contributed by atoms with Crippen molar-refractivity contribution < 1.29 is 0 Å². The topological polar surface area (TPSA) is 0 Å². The van der Waals surface area contributed by atoms with Crippen LogP contribution in [0.4, 0.5) is 0 Å². The number of benzene rings is 7. The van der Waals surface area contributed by atoms with Crippen molar-refractivity contribution in [1.29, 1.82) is 0 Å². The fourth-order valence-electron chi connectivity index (χ4n) is 6.87. The Kier molecular flexibility index (Phi) is 8.44. The number of aryl methyl sites for hydroxylation is 2. The molecule has 7 rings (SSSR count). The van der Waals surface area contributed by atoms with Crippen molar-refractivity contribution in [3.05, 3.63) is 226 Å². The summed E-state index contributed by atoms with van der Waals surface area (Å²) in [6, 6.07) is 66.3. The van der Waals surface area contributed by atoms with E-state index >= 15 is 0 Å². The summed E-state index contributed by atoms with van der Waals surface area (Å²) in [5, 5.41) is 0. The molecule has 0 saturated carbocycles. The molecule has 0 spiro atoms. The lowest BCUT2D eigenvalue weighted by atomic mass is 9.77. The van der Waals surface area contributed by atoms with Gasteiger partial charge >= 0.3 is 0 Å². The van der Waals surface area contributed by atoms with Gasteiger partial charge in [0, 0.05) is 11.8 Å². The standard InChI is InChI=1S/C46H38/c1-33-31-44(46(40-21-13-6-14-22-40)42-29-25-38(26-30-42)36-17-9-4-10-18-36)34(2)32-43(33)45(39-19-11-5-12-20-39)41-27-23-37(24-28-41)35-15-7-3-8-16-35/h3-32,45-46H,1-2H3. The molecule has 0 aliphatic carbocycles. The lowest BCUT2D eigenvalue weighted by Gasteiger charge is -2.26. The van der Waals surface area contributed by atoms with E-state index in [9.17, 15) is 0 Å². The zero-order chi connectivity index (χ0) is 31.3. The summed E-state index contributed by atoms with van der Waals surface area (Å²) < 4.78 is 0. The first-order chi connectivity index (χ1) is 22.7. The molecule has 2 atom stereocenters. The van der Waals surface area contributed by atoms with E-state index in [0.29, 0.717) is 0 Å². The average Bonchev–Trinajstić information content (AvgIpc) is 3.13. The molecule has 0 aliphatic rings. The molecule has 0 aliphatic heterocycles. The highest BCUT2D eigenvalue weighted by Gasteiger charge is 2.24. The molecule has 46 heavy (non-hydrogen) atoms. The summed E-state index contributed by atoms with van der Waals surface area (Å²) >= 11 is 0. The summed E-state index contributed by atoms with van der Waals surface area (Å²) in [6.45, 7) is 4.57. The molecular weight excluding hydrogens is 553 g/mol. The van der Waals surface area contributed by atoms with Crippen LogP contribution in [0.2, 0.25) is 0 Å². The Labute approximate surface area is 273 Å². The van der Waals surface area contributed by atoms with Crippen LogP contribution in [0.15, 0.2) is 182 Å². The van der Waals surface area contributed by atoms with Crippen molar-refractivity contribution in [3.63, 3.8) is 0 Å². The molecule has 0 bridgehead atoms. The molecule has 0 fully saturated rings. The maximum absolute atomic E-state index is 2.45. The van der Waals surface area contributed by atoms with Gasteiger partial charge in [-0.2, -0.15) is 0 Å². The third kappa shape index (κ3) is 6.08. The molecule has 0 radical (unpaired) electrons. The first-order valence-electron chi connectivity index (χ1n) is 16.2. The molecule has 222 valence electrons. The van der Waals surface area contributed by atoms with Gasteiger partial charge in [-0.25, -0.2) is 0 Å². The second kappa shape index (κ2) is 13.3. The number of hydrogen-bond donors (Lipinski definition) is 0. The minimum atomic E-state index is 0.138. The fraction of sp³-hybridized carbons (Fsp3) is 0.0870. The number of rotatable bonds is 8. The Morgan fingerprint density at radius 1 is 0.283 bits per heavy atom. The average molecular weight is 591 g/mol. The zero-order valence-electron chi connectivity index (χ0n) is 26.5. The van der Waals surface area contributed by atoms with Gasteiger partial charge in [0.2, 0.25) is 0 Å². The van der Waals surface area contributed by atoms with Gasteiger partial charge < -0.3 is 0 Å². The smallest absolute Gasteiger partial charge is 0.0342 e. The highest BCUT2D eigenvalue weighted by molar-refractivity contribution is 5.66. The Morgan fingerprint density at radius 2 is 0.543 bits per heavy atom. The molecule has 0 heterocycles. The molecular formula is C46H38. The first kappa shape index (κ1) is 29.3. The van der Waals surface area contributed by atoms with E-state index in [1.807, 2.05) is 0 Å². The molecule has 0 nitrogen and oxygen atoms in total. The highest BCUT2D eigenvalue weighted by Crippen LogP contribution is 2.40. The molecule has 0 amide bonds. The van der Waals surface area contributed by atoms with E-state index in [1.165, 1.54) is 66.8 Å². The van der Waals surface area contributed by atoms with Gasteiger partial charge in [-0.15, -0.1) is 0 Å². The third-order valence-electron chi connectivity index (χ3n) is 9.24. The summed E-state index contributed by atoms with van der Waals surface area (Å²) in [4.78, 5) is 0. The predicted octanol–water partition coefficient (Wildman–Crippen LogP) is 12.0. The van der Waals surface area contributed by atoms with Crippen molar-refractivity contribution in [1.82, 2.24) is 0 Å². The minimum Gasteiger partial charge on any atom is -0.0622 e. The van der Waals surface area contributed by atoms with Gasteiger partial charge in [0.15, 0.2) is 0 Å². The van der Waals surface area contributed by atoms with E-state index in [4.69, 9.17) is 0 Å². The maximum atomic E-state index is 2.45. The quantitative estimate of drug-likeness (QED) is 0.154. The second-order valence-electron chi connectivity index (χ2n) is 12.2. The first-order valence-corrected chi connectivity index (χ1v) is 16.2. The van der Waals surface area contributed by atoms with Crippen molar-refractivity contribution in [3.8, 4) is 22.3 Å². The Balaban J connectivity index is 1.31. The van der Waals surface area contributed by atoms with Crippen LogP contribution in [0.25, 0.3) is 22.3 Å². The Morgan fingerprint density at radius 3 is 0.870 bits per heavy atom. The summed E-state index contributed by atoms with van der Waals surface area (Å²) in [5.74, 6) is 0.276. The van der Waals surface area contributed by atoms with Crippen molar-refractivity contribution >= 4 is 0 Å². The van der Waals surface area contributed by atoms with Gasteiger partial charge in [0.25, 0.3) is 0 Å². The zero-order valence-corrected chi connectivity index (χ0v) is 26.5. The maximum Gasteiger partial charge on any atom is 0.0342 e. The summed E-state index contributed by atoms with van der Waals surface area (Å²) in [6.07, 6.45) is 0. The van der Waals surface area contributed by atoms with Gasteiger partial charge in [-0.1, -0.05) is 182 Å². The van der Waals surface area contributed by atoms with Gasteiger partial charge in [-0.05, 0) is 80.6 Å². The van der Waals surface area contributed by atoms with E-state index < -0.39 is 0 Å². The van der Waals surface area contributed by atoms with E-state index in [-0.39, 0.29) is 11.8 Å². The molecule has 7 aromatic carbocycles. The molecule has 0 saturated heterocycles. The highest BCUT2D eigenvalue weighted by atomic mass is 14.3. The minimum absolute atomic E-state index is 0.138. The molecule has 0 aromatic heterocycles. The van der Waals surface area contributed by atoms with Crippen LogP contribution in [-0.2, 0) is 0 Å². The van der Waals surface area contributed by atoms with Crippen molar-refractivity contribution in [2.75, 3.05) is 0 Å². The van der Waals surface area contributed by atoms with Crippen LogP contribution in [0.5, 0.6) is 0 Å². The lowest BCUT2D eigenvalue weighted by Crippen LogP contribution is -2.10. The fourth-order valence-corrected chi connectivity index (χ4v) is 6.87. The molecule has 2 unspecified atom stereocenters. The van der Waals surface area contributed by atoms with Crippen LogP contribution >= 0.6 is 0 Å². The van der Waals surface area contributed by atoms with Crippen LogP contribution in [0, 0.1) is 13.8 Å². The predicted molar refractivity (Wildman–Crippen MR) is 194 cm³/mol. The molecule has 7 aromatic rings. The van der Waals surface area contributed by atoms with E-state index in [2.05, 4.69) is 196 Å². The van der Waals surface area contributed by atoms with Crippen LogP contribution in [-0.4, -0.2) is 0 Å². The Hall–Kier alpha value is -5.46. The number of hydrogen-bond acceptors (Lipinski definition) is 0. The van der Waals surface area contributed by atoms with Gasteiger partial charge in [-0.3, -0.25) is 0 Å². The normalized spacial score (nSPS) is 12.4. The molecule has 0 heteroatoms. The summed E-state index contributed by atoms with van der Waals surface area (Å²) in [5.41, 5.74) is 15.5. The van der Waals surface area contributed by atoms with Crippen molar-refractivity contribution in [2.45, 2.75) is 25.7 Å². The monoisotopic (exact) mass is 590 g/mol. The van der Waals surface area contributed by atoms with Crippen LogP contribution < -0.4 is 0 Å². The SMILES string of the molecule is Cc1cc(C(c2ccccc2)c2ccc(-c3ccccc3)cc2)c(C)cc1C(c1ccccc1)c1ccc(-c2ccccc2)cc1. The largest absolute Gasteiger partial charge is 0.0622 e. The lowest BCUT2D eigenvalue weighted by molar-refractivity contribution is 0.925. The summed E-state index contributed by atoms with van der Waals surface area (Å²) in [7, 11) is 0. The van der Waals surface area contributed by atoms with Crippen LogP contribution in [0.3, 0.4) is 0 Å². The third-order valence-corrected chi connectivity index (χ3v) is 9.24. The van der Waals surface area contributed by atoms with Gasteiger partial charge in [0.1, 0.15) is 0 Å². The van der Waals surface area contributed by atoms with E-state index in [0.717, 1.165) is 0 Å². The van der Waals surface area contributed by atoms with E-state index in [1.54, 1.807) is 0 Å².